The molecule has 0 radical (unpaired) electrons. The number of imide groups is 1. The molecule has 0 spiro atoms. The van der Waals surface area contributed by atoms with Gasteiger partial charge in [0, 0.05) is 0 Å². The highest BCUT2D eigenvalue weighted by Crippen LogP contribution is 2.35. The van der Waals surface area contributed by atoms with Gasteiger partial charge >= 0.3 is 0 Å². The number of nitrogens with zero attached hydrogens (tertiary/aromatic N) is 2. The molecule has 1 aliphatic heterocycles. The largest absolute Gasteiger partial charge is 0.268 e. The van der Waals surface area contributed by atoms with Crippen LogP contribution in [0.15, 0.2) is 30.3 Å². The number of hydrogen-bond acceptors (Lipinski definition) is 3. The van der Waals surface area contributed by atoms with Gasteiger partial charge in [0.05, 0.1) is 28.4 Å². The second-order valence-corrected chi connectivity index (χ2v) is 6.14. The molecule has 0 saturated carbocycles. The van der Waals surface area contributed by atoms with Crippen LogP contribution < -0.4 is 4.90 Å². The summed E-state index contributed by atoms with van der Waals surface area (Å²) in [5, 5.41) is 9.07. The number of carbonyl (C=O) groups is 2. The first-order valence-corrected chi connectivity index (χ1v) is 8.63. The number of benzene rings is 2. The summed E-state index contributed by atoms with van der Waals surface area (Å²) in [4.78, 5) is 27.2. The molecule has 2 amide bonds. The molecule has 0 N–H and O–H groups in total. The molecule has 3 rings (SSSR count). The number of carbonyl (C=O) groups excluding carboxylic acids is 2. The minimum Gasteiger partial charge on any atom is -0.268 e. The van der Waals surface area contributed by atoms with Gasteiger partial charge in [0.15, 0.2) is 0 Å². The third-order valence-electron chi connectivity index (χ3n) is 4.74. The van der Waals surface area contributed by atoms with Crippen molar-refractivity contribution in [3.63, 3.8) is 0 Å². The smallest absolute Gasteiger partial charge is 0.266 e. The molecule has 0 fully saturated rings. The molecule has 1 heterocycles. The molecule has 0 bridgehead atoms. The SMILES string of the molecule is CCc1cc(CC)c(N2C(=O)c3ccc(C#N)cc3C2=O)c(CC)c1. The van der Waals surface area contributed by atoms with Crippen molar-refractivity contribution in [3.8, 4) is 6.07 Å². The molecular weight excluding hydrogens is 312 g/mol. The Bertz CT molecular complexity index is 897. The molecule has 0 aromatic heterocycles. The molecule has 2 aromatic rings. The Hall–Kier alpha value is -2.93. The molecule has 126 valence electrons. The van der Waals surface area contributed by atoms with Crippen molar-refractivity contribution >= 4 is 17.5 Å². The van der Waals surface area contributed by atoms with E-state index >= 15 is 0 Å². The predicted octanol–water partition coefficient (Wildman–Crippen LogP) is 4.05. The minimum atomic E-state index is -0.342. The van der Waals surface area contributed by atoms with Crippen molar-refractivity contribution in [1.29, 1.82) is 5.26 Å². The fraction of sp³-hybridized carbons (Fsp3) is 0.286. The van der Waals surface area contributed by atoms with Crippen LogP contribution in [0.2, 0.25) is 0 Å². The van der Waals surface area contributed by atoms with Crippen molar-refractivity contribution in [2.45, 2.75) is 40.0 Å². The van der Waals surface area contributed by atoms with Gasteiger partial charge in [-0.05, 0) is 54.2 Å². The number of nitriles is 1. The third kappa shape index (κ3) is 2.62. The highest BCUT2D eigenvalue weighted by atomic mass is 16.2. The Balaban J connectivity index is 2.20. The van der Waals surface area contributed by atoms with E-state index in [1.807, 2.05) is 19.9 Å². The van der Waals surface area contributed by atoms with Gasteiger partial charge in [0.1, 0.15) is 0 Å². The average molecular weight is 332 g/mol. The van der Waals surface area contributed by atoms with E-state index < -0.39 is 0 Å². The van der Waals surface area contributed by atoms with Crippen LogP contribution in [0.3, 0.4) is 0 Å². The van der Waals surface area contributed by atoms with Crippen LogP contribution in [0, 0.1) is 11.3 Å². The normalized spacial score (nSPS) is 13.1. The number of amides is 2. The van der Waals surface area contributed by atoms with Crippen molar-refractivity contribution in [2.24, 2.45) is 0 Å². The van der Waals surface area contributed by atoms with Gasteiger partial charge in [-0.1, -0.05) is 32.9 Å². The van der Waals surface area contributed by atoms with E-state index in [1.165, 1.54) is 16.5 Å². The van der Waals surface area contributed by atoms with E-state index in [-0.39, 0.29) is 11.8 Å². The Kier molecular flexibility index (Phi) is 4.41. The van der Waals surface area contributed by atoms with Gasteiger partial charge in [-0.25, -0.2) is 4.90 Å². The lowest BCUT2D eigenvalue weighted by Gasteiger charge is -2.22. The Morgan fingerprint density at radius 3 is 2.00 bits per heavy atom. The average Bonchev–Trinajstić information content (AvgIpc) is 2.90. The molecule has 2 aromatic carbocycles. The highest BCUT2D eigenvalue weighted by molar-refractivity contribution is 6.35. The lowest BCUT2D eigenvalue weighted by atomic mass is 9.97. The summed E-state index contributed by atoms with van der Waals surface area (Å²) in [5.41, 5.74) is 5.00. The zero-order valence-corrected chi connectivity index (χ0v) is 14.7. The van der Waals surface area contributed by atoms with Crippen LogP contribution in [0.25, 0.3) is 0 Å². The number of fused-ring (bicyclic) bond motifs is 1. The van der Waals surface area contributed by atoms with Crippen LogP contribution in [0.1, 0.15) is 63.7 Å². The van der Waals surface area contributed by atoms with Gasteiger partial charge in [0.25, 0.3) is 11.8 Å². The first-order chi connectivity index (χ1) is 12.0. The topological polar surface area (TPSA) is 61.2 Å². The van der Waals surface area contributed by atoms with Gasteiger partial charge < -0.3 is 0 Å². The number of aryl methyl sites for hydroxylation is 3. The molecule has 1 aliphatic rings. The van der Waals surface area contributed by atoms with E-state index in [0.717, 1.165) is 30.4 Å². The molecule has 0 atom stereocenters. The first kappa shape index (κ1) is 16.9. The molecular formula is C21H20N2O2. The standard InChI is InChI=1S/C21H20N2O2/c1-4-13-9-15(5-2)19(16(6-3)10-13)23-20(24)17-8-7-14(12-22)11-18(17)21(23)25/h7-11H,4-6H2,1-3H3. The molecule has 0 saturated heterocycles. The molecule has 0 aliphatic carbocycles. The Labute approximate surface area is 147 Å². The quantitative estimate of drug-likeness (QED) is 0.794. The molecule has 4 heteroatoms. The Morgan fingerprint density at radius 1 is 0.880 bits per heavy atom. The summed E-state index contributed by atoms with van der Waals surface area (Å²) in [6.07, 6.45) is 2.40. The van der Waals surface area contributed by atoms with Gasteiger partial charge in [0.2, 0.25) is 0 Å². The van der Waals surface area contributed by atoms with Gasteiger partial charge in [-0.15, -0.1) is 0 Å². The van der Waals surface area contributed by atoms with Crippen LogP contribution in [-0.4, -0.2) is 11.8 Å². The second kappa shape index (κ2) is 6.52. The fourth-order valence-electron chi connectivity index (χ4n) is 3.38. The summed E-state index contributed by atoms with van der Waals surface area (Å²) in [6.45, 7) is 6.16. The second-order valence-electron chi connectivity index (χ2n) is 6.14. The van der Waals surface area contributed by atoms with E-state index in [4.69, 9.17) is 5.26 Å². The Morgan fingerprint density at radius 2 is 1.48 bits per heavy atom. The van der Waals surface area contributed by atoms with Crippen LogP contribution in [0.5, 0.6) is 0 Å². The summed E-state index contributed by atoms with van der Waals surface area (Å²) in [6, 6.07) is 10.8. The van der Waals surface area contributed by atoms with Crippen molar-refractivity contribution in [3.05, 3.63) is 63.7 Å². The van der Waals surface area contributed by atoms with Crippen LogP contribution in [-0.2, 0) is 19.3 Å². The maximum Gasteiger partial charge on any atom is 0.266 e. The van der Waals surface area contributed by atoms with Crippen molar-refractivity contribution in [2.75, 3.05) is 4.90 Å². The first-order valence-electron chi connectivity index (χ1n) is 8.63. The van der Waals surface area contributed by atoms with E-state index in [2.05, 4.69) is 19.1 Å². The zero-order chi connectivity index (χ0) is 18.1. The number of hydrogen-bond donors (Lipinski definition) is 0. The summed E-state index contributed by atoms with van der Waals surface area (Å²) < 4.78 is 0. The van der Waals surface area contributed by atoms with Gasteiger partial charge in [-0.2, -0.15) is 5.26 Å². The molecule has 25 heavy (non-hydrogen) atoms. The predicted molar refractivity (Wildman–Crippen MR) is 96.9 cm³/mol. The summed E-state index contributed by atoms with van der Waals surface area (Å²) in [7, 11) is 0. The summed E-state index contributed by atoms with van der Waals surface area (Å²) >= 11 is 0. The van der Waals surface area contributed by atoms with E-state index in [1.54, 1.807) is 12.1 Å². The summed E-state index contributed by atoms with van der Waals surface area (Å²) in [5.74, 6) is -0.649. The van der Waals surface area contributed by atoms with Crippen molar-refractivity contribution in [1.82, 2.24) is 0 Å². The maximum absolute atomic E-state index is 13.0. The minimum absolute atomic E-state index is 0.307. The third-order valence-corrected chi connectivity index (χ3v) is 4.74. The van der Waals surface area contributed by atoms with E-state index in [0.29, 0.717) is 22.4 Å². The highest BCUT2D eigenvalue weighted by Gasteiger charge is 2.38. The maximum atomic E-state index is 13.0. The van der Waals surface area contributed by atoms with Gasteiger partial charge in [-0.3, -0.25) is 9.59 Å². The lowest BCUT2D eigenvalue weighted by molar-refractivity contribution is 0.0925. The number of rotatable bonds is 4. The number of anilines is 1. The monoisotopic (exact) mass is 332 g/mol. The van der Waals surface area contributed by atoms with Crippen LogP contribution >= 0.6 is 0 Å². The van der Waals surface area contributed by atoms with Crippen LogP contribution in [0.4, 0.5) is 5.69 Å². The van der Waals surface area contributed by atoms with E-state index in [9.17, 15) is 9.59 Å². The molecule has 4 nitrogen and oxygen atoms in total. The fourth-order valence-corrected chi connectivity index (χ4v) is 3.38. The molecule has 0 unspecified atom stereocenters. The lowest BCUT2D eigenvalue weighted by Crippen LogP contribution is -2.31. The van der Waals surface area contributed by atoms with Crippen molar-refractivity contribution < 1.29 is 9.59 Å². The zero-order valence-electron chi connectivity index (χ0n) is 14.7.